The monoisotopic (exact) mass is 269 g/mol. The third-order valence-corrected chi connectivity index (χ3v) is 3.10. The summed E-state index contributed by atoms with van der Waals surface area (Å²) in [6.45, 7) is 0.372. The topological polar surface area (TPSA) is 59.4 Å². The lowest BCUT2D eigenvalue weighted by atomic mass is 10.2. The Morgan fingerprint density at radius 1 is 1.41 bits per heavy atom. The van der Waals surface area contributed by atoms with Gasteiger partial charge in [-0.25, -0.2) is 9.78 Å². The van der Waals surface area contributed by atoms with Gasteiger partial charge in [0.05, 0.1) is 10.4 Å². The van der Waals surface area contributed by atoms with Crippen molar-refractivity contribution in [2.45, 2.75) is 6.61 Å². The van der Waals surface area contributed by atoms with Crippen molar-refractivity contribution in [3.8, 4) is 5.75 Å². The van der Waals surface area contributed by atoms with Crippen LogP contribution in [-0.2, 0) is 6.61 Å². The lowest BCUT2D eigenvalue weighted by molar-refractivity contribution is 0.0697. The first-order valence-electron chi connectivity index (χ1n) is 4.71. The average Bonchev–Trinajstić information content (AvgIpc) is 2.73. The fraction of sp³-hybridized carbons (Fsp3) is 0.0909. The van der Waals surface area contributed by atoms with E-state index < -0.39 is 5.97 Å². The molecule has 0 saturated carbocycles. The second-order valence-corrected chi connectivity index (χ2v) is 4.90. The van der Waals surface area contributed by atoms with Gasteiger partial charge < -0.3 is 9.84 Å². The zero-order chi connectivity index (χ0) is 12.3. The van der Waals surface area contributed by atoms with Crippen molar-refractivity contribution in [3.63, 3.8) is 0 Å². The third-order valence-electron chi connectivity index (χ3n) is 2.01. The first kappa shape index (κ1) is 11.9. The summed E-state index contributed by atoms with van der Waals surface area (Å²) in [5.41, 5.74) is 0.234. The van der Waals surface area contributed by atoms with E-state index in [-0.39, 0.29) is 5.56 Å². The molecule has 2 aromatic rings. The van der Waals surface area contributed by atoms with E-state index >= 15 is 0 Å². The van der Waals surface area contributed by atoms with Crippen LogP contribution in [0.4, 0.5) is 0 Å². The van der Waals surface area contributed by atoms with Crippen molar-refractivity contribution < 1.29 is 14.6 Å². The summed E-state index contributed by atoms with van der Waals surface area (Å²) in [6.07, 6.45) is 1.65. The van der Waals surface area contributed by atoms with Crippen molar-refractivity contribution >= 4 is 28.9 Å². The van der Waals surface area contributed by atoms with Crippen LogP contribution in [0.2, 0.25) is 4.47 Å². The molecule has 1 heterocycles. The summed E-state index contributed by atoms with van der Waals surface area (Å²) in [6, 6.07) is 6.23. The number of carboxylic acids is 1. The van der Waals surface area contributed by atoms with E-state index in [2.05, 4.69) is 4.98 Å². The van der Waals surface area contributed by atoms with Gasteiger partial charge in [-0.2, -0.15) is 0 Å². The number of hydrogen-bond acceptors (Lipinski definition) is 4. The van der Waals surface area contributed by atoms with Gasteiger partial charge in [0.25, 0.3) is 0 Å². The Hall–Kier alpha value is -1.59. The zero-order valence-corrected chi connectivity index (χ0v) is 10.2. The van der Waals surface area contributed by atoms with Crippen LogP contribution in [0.25, 0.3) is 0 Å². The maximum Gasteiger partial charge on any atom is 0.335 e. The molecule has 0 unspecified atom stereocenters. The maximum atomic E-state index is 10.6. The Morgan fingerprint density at radius 3 is 2.65 bits per heavy atom. The average molecular weight is 270 g/mol. The van der Waals surface area contributed by atoms with E-state index in [1.165, 1.54) is 23.5 Å². The second kappa shape index (κ2) is 5.16. The highest BCUT2D eigenvalue weighted by Crippen LogP contribution is 2.20. The minimum absolute atomic E-state index is 0.234. The molecular weight excluding hydrogens is 262 g/mol. The SMILES string of the molecule is O=C(O)c1ccc(OCc2cnc(Cl)s2)cc1. The molecule has 6 heteroatoms. The van der Waals surface area contributed by atoms with Crippen molar-refractivity contribution in [1.29, 1.82) is 0 Å². The normalized spacial score (nSPS) is 10.2. The number of hydrogen-bond donors (Lipinski definition) is 1. The summed E-state index contributed by atoms with van der Waals surface area (Å²) >= 11 is 7.03. The van der Waals surface area contributed by atoms with Gasteiger partial charge >= 0.3 is 5.97 Å². The highest BCUT2D eigenvalue weighted by molar-refractivity contribution is 7.15. The molecule has 17 heavy (non-hydrogen) atoms. The minimum atomic E-state index is -0.953. The van der Waals surface area contributed by atoms with Gasteiger partial charge in [0.1, 0.15) is 12.4 Å². The largest absolute Gasteiger partial charge is 0.488 e. The summed E-state index contributed by atoms with van der Waals surface area (Å²) in [5, 5.41) is 8.72. The highest BCUT2D eigenvalue weighted by atomic mass is 35.5. The molecule has 0 aliphatic carbocycles. The number of ether oxygens (including phenoxy) is 1. The van der Waals surface area contributed by atoms with Gasteiger partial charge in [-0.3, -0.25) is 0 Å². The summed E-state index contributed by atoms with van der Waals surface area (Å²) in [5.74, 6) is -0.342. The van der Waals surface area contributed by atoms with Crippen LogP contribution in [0, 0.1) is 0 Å². The molecule has 0 aliphatic rings. The molecule has 0 saturated heterocycles. The molecule has 0 bridgehead atoms. The van der Waals surface area contributed by atoms with E-state index in [0.29, 0.717) is 16.8 Å². The number of carboxylic acid groups (broad SMARTS) is 1. The Morgan fingerprint density at radius 2 is 2.12 bits per heavy atom. The molecule has 0 aliphatic heterocycles. The lowest BCUT2D eigenvalue weighted by Gasteiger charge is -2.04. The van der Waals surface area contributed by atoms with Gasteiger partial charge in [-0.05, 0) is 24.3 Å². The number of thiazole rings is 1. The van der Waals surface area contributed by atoms with E-state index in [9.17, 15) is 4.79 Å². The molecule has 0 radical (unpaired) electrons. The molecule has 0 amide bonds. The first-order chi connectivity index (χ1) is 8.15. The predicted octanol–water partition coefficient (Wildman–Crippen LogP) is 3.07. The molecule has 88 valence electrons. The Kier molecular flexibility index (Phi) is 3.61. The van der Waals surface area contributed by atoms with Crippen LogP contribution in [0.5, 0.6) is 5.75 Å². The molecular formula is C11H8ClNO3S. The number of halogens is 1. The number of rotatable bonds is 4. The Bertz CT molecular complexity index is 524. The van der Waals surface area contributed by atoms with Crippen LogP contribution in [0.1, 0.15) is 15.2 Å². The van der Waals surface area contributed by atoms with E-state index in [0.717, 1.165) is 4.88 Å². The number of carbonyl (C=O) groups is 1. The quantitative estimate of drug-likeness (QED) is 0.927. The summed E-state index contributed by atoms with van der Waals surface area (Å²) in [7, 11) is 0. The maximum absolute atomic E-state index is 10.6. The van der Waals surface area contributed by atoms with Gasteiger partial charge in [-0.15, -0.1) is 11.3 Å². The molecule has 1 N–H and O–H groups in total. The van der Waals surface area contributed by atoms with Crippen LogP contribution in [0.3, 0.4) is 0 Å². The zero-order valence-electron chi connectivity index (χ0n) is 8.59. The van der Waals surface area contributed by atoms with Crippen molar-refractivity contribution in [3.05, 3.63) is 45.4 Å². The fourth-order valence-corrected chi connectivity index (χ4v) is 2.09. The first-order valence-corrected chi connectivity index (χ1v) is 5.91. The van der Waals surface area contributed by atoms with E-state index in [1.54, 1.807) is 18.3 Å². The molecule has 0 spiro atoms. The van der Waals surface area contributed by atoms with Gasteiger partial charge in [0, 0.05) is 6.20 Å². The van der Waals surface area contributed by atoms with Crippen LogP contribution < -0.4 is 4.74 Å². The number of nitrogens with zero attached hydrogens (tertiary/aromatic N) is 1. The standard InChI is InChI=1S/C11H8ClNO3S/c12-11-13-5-9(17-11)6-16-8-3-1-7(2-4-8)10(14)15/h1-5H,6H2,(H,14,15). The fourth-order valence-electron chi connectivity index (χ4n) is 1.20. The number of aromatic carboxylic acids is 1. The molecule has 0 fully saturated rings. The van der Waals surface area contributed by atoms with Crippen molar-refractivity contribution in [2.24, 2.45) is 0 Å². The number of benzene rings is 1. The molecule has 1 aromatic carbocycles. The molecule has 1 aromatic heterocycles. The van der Waals surface area contributed by atoms with Crippen LogP contribution >= 0.6 is 22.9 Å². The van der Waals surface area contributed by atoms with E-state index in [1.807, 2.05) is 0 Å². The summed E-state index contributed by atoms with van der Waals surface area (Å²) < 4.78 is 5.94. The third kappa shape index (κ3) is 3.18. The Labute approximate surface area is 106 Å². The van der Waals surface area contributed by atoms with Crippen LogP contribution in [-0.4, -0.2) is 16.1 Å². The smallest absolute Gasteiger partial charge is 0.335 e. The molecule has 4 nitrogen and oxygen atoms in total. The van der Waals surface area contributed by atoms with Gasteiger partial charge in [0.2, 0.25) is 0 Å². The van der Waals surface area contributed by atoms with Gasteiger partial charge in [-0.1, -0.05) is 11.6 Å². The van der Waals surface area contributed by atoms with E-state index in [4.69, 9.17) is 21.4 Å². The highest BCUT2D eigenvalue weighted by Gasteiger charge is 2.03. The molecule has 0 atom stereocenters. The predicted molar refractivity (Wildman–Crippen MR) is 64.9 cm³/mol. The minimum Gasteiger partial charge on any atom is -0.488 e. The lowest BCUT2D eigenvalue weighted by Crippen LogP contribution is -1.97. The number of aromatic nitrogens is 1. The second-order valence-electron chi connectivity index (χ2n) is 3.20. The molecule has 2 rings (SSSR count). The van der Waals surface area contributed by atoms with Gasteiger partial charge in [0.15, 0.2) is 4.47 Å². The van der Waals surface area contributed by atoms with Crippen molar-refractivity contribution in [1.82, 2.24) is 4.98 Å². The van der Waals surface area contributed by atoms with Crippen molar-refractivity contribution in [2.75, 3.05) is 0 Å². The van der Waals surface area contributed by atoms with Crippen LogP contribution in [0.15, 0.2) is 30.5 Å². The summed E-state index contributed by atoms with van der Waals surface area (Å²) in [4.78, 5) is 15.4. The Balaban J connectivity index is 1.97.